The third kappa shape index (κ3) is 4.19. The molecule has 2 rings (SSSR count). The maximum Gasteiger partial charge on any atom is 0.339 e. The quantitative estimate of drug-likeness (QED) is 0.813. The largest absolute Gasteiger partial charge is 0.339 e. The van der Waals surface area contributed by atoms with Crippen LogP contribution in [-0.4, -0.2) is 17.5 Å². The van der Waals surface area contributed by atoms with E-state index in [0.717, 1.165) is 12.1 Å². The molecule has 0 heterocycles. The first kappa shape index (κ1) is 14.2. The normalized spacial score (nSPS) is 19.7. The van der Waals surface area contributed by atoms with Crippen molar-refractivity contribution in [3.63, 3.8) is 0 Å². The van der Waals surface area contributed by atoms with Gasteiger partial charge in [0.15, 0.2) is 0 Å². The van der Waals surface area contributed by atoms with Crippen LogP contribution < -0.4 is 10.7 Å². The van der Waals surface area contributed by atoms with E-state index in [2.05, 4.69) is 15.8 Å². The topological polar surface area (TPSA) is 70.6 Å². The van der Waals surface area contributed by atoms with E-state index < -0.39 is 6.03 Å². The summed E-state index contributed by atoms with van der Waals surface area (Å²) in [4.78, 5) is 23.3. The van der Waals surface area contributed by atoms with Gasteiger partial charge in [-0.2, -0.15) is 5.10 Å². The van der Waals surface area contributed by atoms with Crippen molar-refractivity contribution in [3.8, 4) is 0 Å². The second kappa shape index (κ2) is 5.86. The van der Waals surface area contributed by atoms with Gasteiger partial charge in [0, 0.05) is 24.2 Å². The Kier molecular flexibility index (Phi) is 4.17. The van der Waals surface area contributed by atoms with Crippen molar-refractivity contribution < 1.29 is 9.59 Å². The second-order valence-corrected chi connectivity index (χ2v) is 5.84. The number of amides is 2. The number of Topliss-reactive ketones (excluding diaryl/α,β-unsaturated/α-hetero) is 1. The van der Waals surface area contributed by atoms with Gasteiger partial charge in [-0.05, 0) is 24.0 Å². The van der Waals surface area contributed by atoms with E-state index in [-0.39, 0.29) is 11.2 Å². The molecule has 0 atom stereocenters. The minimum absolute atomic E-state index is 0.0776. The number of carbonyl (C=O) groups excluding carboxylic acids is 2. The van der Waals surface area contributed by atoms with E-state index in [1.807, 2.05) is 32.0 Å². The predicted molar refractivity (Wildman–Crippen MR) is 78.7 cm³/mol. The summed E-state index contributed by atoms with van der Waals surface area (Å²) in [5, 5.41) is 6.73. The fraction of sp³-hybridized carbons (Fsp3) is 0.400. The number of ketones is 1. The van der Waals surface area contributed by atoms with Crippen LogP contribution in [0.25, 0.3) is 0 Å². The van der Waals surface area contributed by atoms with Gasteiger partial charge < -0.3 is 5.32 Å². The molecule has 1 aliphatic rings. The number of nitrogens with one attached hydrogen (secondary N) is 2. The van der Waals surface area contributed by atoms with Crippen LogP contribution in [0.2, 0.25) is 0 Å². The Labute approximate surface area is 118 Å². The lowest BCUT2D eigenvalue weighted by molar-refractivity contribution is -0.120. The van der Waals surface area contributed by atoms with Crippen molar-refractivity contribution in [3.05, 3.63) is 30.3 Å². The smallest absolute Gasteiger partial charge is 0.307 e. The standard InChI is InChI=1S/C15H19N3O2/c1-15(2)9-12(8-13(19)10-15)17-18-14(20)16-11-6-4-3-5-7-11/h3-7H,8-10H2,1-2H3,(H2,16,18,20)/b17-12+. The van der Waals surface area contributed by atoms with E-state index in [1.54, 1.807) is 12.1 Å². The lowest BCUT2D eigenvalue weighted by atomic mass is 9.76. The number of nitrogens with zero attached hydrogens (tertiary/aromatic N) is 1. The van der Waals surface area contributed by atoms with Crippen molar-refractivity contribution in [1.29, 1.82) is 0 Å². The van der Waals surface area contributed by atoms with Crippen molar-refractivity contribution in [2.45, 2.75) is 33.1 Å². The lowest BCUT2D eigenvalue weighted by Crippen LogP contribution is -2.32. The molecule has 0 saturated heterocycles. The van der Waals surface area contributed by atoms with Crippen LogP contribution in [0.1, 0.15) is 33.1 Å². The van der Waals surface area contributed by atoms with Crippen LogP contribution in [0, 0.1) is 5.41 Å². The van der Waals surface area contributed by atoms with Crippen LogP contribution in [0.15, 0.2) is 35.4 Å². The van der Waals surface area contributed by atoms with E-state index in [9.17, 15) is 9.59 Å². The summed E-state index contributed by atoms with van der Waals surface area (Å²) in [5.74, 6) is 0.172. The molecule has 1 saturated carbocycles. The molecule has 1 fully saturated rings. The molecule has 2 N–H and O–H groups in total. The number of carbonyl (C=O) groups is 2. The predicted octanol–water partition coefficient (Wildman–Crippen LogP) is 2.94. The molecule has 0 spiro atoms. The molecule has 0 unspecified atom stereocenters. The Hall–Kier alpha value is -2.17. The Bertz CT molecular complexity index is 535. The molecule has 0 bridgehead atoms. The number of anilines is 1. The SMILES string of the molecule is CC1(C)CC(=O)C/C(=N\NC(=O)Nc2ccccc2)C1. The zero-order chi connectivity index (χ0) is 14.6. The zero-order valence-corrected chi connectivity index (χ0v) is 11.8. The summed E-state index contributed by atoms with van der Waals surface area (Å²) in [6.07, 6.45) is 1.63. The Morgan fingerprint density at radius 3 is 2.55 bits per heavy atom. The molecule has 0 aromatic heterocycles. The molecular formula is C15H19N3O2. The minimum Gasteiger partial charge on any atom is -0.307 e. The molecule has 0 aliphatic heterocycles. The number of para-hydroxylation sites is 1. The van der Waals surface area contributed by atoms with Crippen molar-refractivity contribution in [2.24, 2.45) is 10.5 Å². The van der Waals surface area contributed by atoms with Gasteiger partial charge in [0.05, 0.1) is 0 Å². The van der Waals surface area contributed by atoms with E-state index in [1.165, 1.54) is 0 Å². The molecule has 5 nitrogen and oxygen atoms in total. The van der Waals surface area contributed by atoms with Crippen LogP contribution >= 0.6 is 0 Å². The molecule has 1 aliphatic carbocycles. The maximum absolute atomic E-state index is 11.7. The Morgan fingerprint density at radius 2 is 1.90 bits per heavy atom. The van der Waals surface area contributed by atoms with Crippen molar-refractivity contribution >= 4 is 23.2 Å². The molecule has 5 heteroatoms. The monoisotopic (exact) mass is 273 g/mol. The van der Waals surface area contributed by atoms with Crippen molar-refractivity contribution in [1.82, 2.24) is 5.43 Å². The number of hydrogen-bond acceptors (Lipinski definition) is 3. The zero-order valence-electron chi connectivity index (χ0n) is 11.8. The highest BCUT2D eigenvalue weighted by atomic mass is 16.2. The van der Waals surface area contributed by atoms with Crippen LogP contribution in [0.4, 0.5) is 10.5 Å². The van der Waals surface area contributed by atoms with Gasteiger partial charge in [-0.15, -0.1) is 0 Å². The number of hydrogen-bond donors (Lipinski definition) is 2. The van der Waals surface area contributed by atoms with Gasteiger partial charge >= 0.3 is 6.03 Å². The first-order chi connectivity index (χ1) is 9.44. The first-order valence-corrected chi connectivity index (χ1v) is 6.64. The van der Waals surface area contributed by atoms with Crippen LogP contribution in [-0.2, 0) is 4.79 Å². The fourth-order valence-electron chi connectivity index (χ4n) is 2.39. The highest BCUT2D eigenvalue weighted by molar-refractivity contribution is 6.05. The summed E-state index contributed by atoms with van der Waals surface area (Å²) >= 11 is 0. The van der Waals surface area contributed by atoms with Crippen molar-refractivity contribution in [2.75, 3.05) is 5.32 Å². The van der Waals surface area contributed by atoms with Gasteiger partial charge in [0.2, 0.25) is 0 Å². The molecule has 2 amide bonds. The third-order valence-corrected chi connectivity index (χ3v) is 3.11. The summed E-state index contributed by atoms with van der Waals surface area (Å²) in [6.45, 7) is 4.06. The average molecular weight is 273 g/mol. The average Bonchev–Trinajstić information content (AvgIpc) is 2.35. The number of benzene rings is 1. The van der Waals surface area contributed by atoms with Gasteiger partial charge in [-0.3, -0.25) is 4.79 Å². The van der Waals surface area contributed by atoms with E-state index >= 15 is 0 Å². The van der Waals surface area contributed by atoms with Crippen LogP contribution in [0.3, 0.4) is 0 Å². The summed E-state index contributed by atoms with van der Waals surface area (Å²) < 4.78 is 0. The Balaban J connectivity index is 1.92. The summed E-state index contributed by atoms with van der Waals surface area (Å²) in [6, 6.07) is 8.73. The number of hydrazone groups is 1. The highest BCUT2D eigenvalue weighted by Gasteiger charge is 2.30. The first-order valence-electron chi connectivity index (χ1n) is 6.64. The molecule has 106 valence electrons. The summed E-state index contributed by atoms with van der Waals surface area (Å²) in [5.41, 5.74) is 3.80. The lowest BCUT2D eigenvalue weighted by Gasteiger charge is -2.28. The van der Waals surface area contributed by atoms with Crippen LogP contribution in [0.5, 0.6) is 0 Å². The molecular weight excluding hydrogens is 254 g/mol. The minimum atomic E-state index is -0.403. The Morgan fingerprint density at radius 1 is 1.20 bits per heavy atom. The van der Waals surface area contributed by atoms with E-state index in [0.29, 0.717) is 18.5 Å². The fourth-order valence-corrected chi connectivity index (χ4v) is 2.39. The highest BCUT2D eigenvalue weighted by Crippen LogP contribution is 2.31. The number of urea groups is 1. The van der Waals surface area contributed by atoms with Gasteiger partial charge in [0.25, 0.3) is 0 Å². The second-order valence-electron chi connectivity index (χ2n) is 5.84. The molecule has 1 aromatic carbocycles. The summed E-state index contributed by atoms with van der Waals surface area (Å²) in [7, 11) is 0. The number of rotatable bonds is 2. The van der Waals surface area contributed by atoms with Gasteiger partial charge in [-0.1, -0.05) is 32.0 Å². The third-order valence-electron chi connectivity index (χ3n) is 3.11. The molecule has 20 heavy (non-hydrogen) atoms. The van der Waals surface area contributed by atoms with E-state index in [4.69, 9.17) is 0 Å². The van der Waals surface area contributed by atoms with Gasteiger partial charge in [0.1, 0.15) is 5.78 Å². The molecule has 0 radical (unpaired) electrons. The maximum atomic E-state index is 11.7. The molecule has 1 aromatic rings. The van der Waals surface area contributed by atoms with Gasteiger partial charge in [-0.25, -0.2) is 10.2 Å².